The Kier molecular flexibility index (Phi) is 3.97. The summed E-state index contributed by atoms with van der Waals surface area (Å²) in [6.07, 6.45) is -1.07. The van der Waals surface area contributed by atoms with E-state index in [0.29, 0.717) is 12.1 Å². The van der Waals surface area contributed by atoms with Gasteiger partial charge in [0.1, 0.15) is 0 Å². The smallest absolute Gasteiger partial charge is 0.296 e. The minimum atomic E-state index is -2.69. The topological polar surface area (TPSA) is 106 Å². The zero-order chi connectivity index (χ0) is 16.2. The molecule has 0 saturated carbocycles. The van der Waals surface area contributed by atoms with Gasteiger partial charge in [0, 0.05) is 12.1 Å². The molecule has 3 rings (SSSR count). The second-order valence-corrected chi connectivity index (χ2v) is 4.66. The van der Waals surface area contributed by atoms with Gasteiger partial charge in [0.2, 0.25) is 5.95 Å². The number of benzene rings is 1. The molecule has 1 aromatic carbocycles. The van der Waals surface area contributed by atoms with Crippen molar-refractivity contribution in [1.29, 1.82) is 5.26 Å². The Morgan fingerprint density at radius 2 is 2.00 bits per heavy atom. The molecule has 0 spiro atoms. The molecule has 0 radical (unpaired) electrons. The fraction of sp³-hybridized carbons (Fsp3) is 0.143. The third kappa shape index (κ3) is 3.16. The van der Waals surface area contributed by atoms with Crippen molar-refractivity contribution in [1.82, 2.24) is 25.4 Å². The summed E-state index contributed by atoms with van der Waals surface area (Å²) in [5, 5.41) is 24.4. The zero-order valence-electron chi connectivity index (χ0n) is 11.7. The summed E-state index contributed by atoms with van der Waals surface area (Å²) in [6.45, 7) is 0.312. The van der Waals surface area contributed by atoms with Crippen LogP contribution in [0.25, 0.3) is 11.3 Å². The van der Waals surface area contributed by atoms with Crippen LogP contribution in [0.15, 0.2) is 30.5 Å². The lowest BCUT2D eigenvalue weighted by molar-refractivity contribution is 0.141. The van der Waals surface area contributed by atoms with Crippen molar-refractivity contribution in [3.05, 3.63) is 47.4 Å². The molecule has 9 heteroatoms. The average Bonchev–Trinajstić information content (AvgIpc) is 3.22. The number of halogens is 2. The molecular formula is C14H11F2N7. The zero-order valence-corrected chi connectivity index (χ0v) is 11.7. The number of nitrogens with one attached hydrogen (secondary N) is 3. The van der Waals surface area contributed by atoms with Crippen LogP contribution in [0.5, 0.6) is 0 Å². The van der Waals surface area contributed by atoms with E-state index >= 15 is 0 Å². The quantitative estimate of drug-likeness (QED) is 0.671. The van der Waals surface area contributed by atoms with Gasteiger partial charge in [-0.1, -0.05) is 12.1 Å². The van der Waals surface area contributed by atoms with Crippen LogP contribution < -0.4 is 5.32 Å². The molecule has 0 amide bonds. The molecule has 2 aromatic heterocycles. The van der Waals surface area contributed by atoms with Crippen LogP contribution in [-0.2, 0) is 6.54 Å². The Labute approximate surface area is 129 Å². The summed E-state index contributed by atoms with van der Waals surface area (Å²) >= 11 is 0. The predicted octanol–water partition coefficient (Wildman–Crippen LogP) is 2.62. The van der Waals surface area contributed by atoms with Gasteiger partial charge in [0.25, 0.3) is 6.43 Å². The maximum absolute atomic E-state index is 12.4. The van der Waals surface area contributed by atoms with Crippen LogP contribution in [0.4, 0.5) is 14.7 Å². The summed E-state index contributed by atoms with van der Waals surface area (Å²) in [6, 6.07) is 9.07. The summed E-state index contributed by atoms with van der Waals surface area (Å²) in [4.78, 5) is 3.64. The van der Waals surface area contributed by atoms with E-state index in [9.17, 15) is 8.78 Å². The molecule has 116 valence electrons. The fourth-order valence-corrected chi connectivity index (χ4v) is 2.03. The number of rotatable bonds is 5. The molecule has 0 bridgehead atoms. The first-order valence-electron chi connectivity index (χ1n) is 6.64. The monoisotopic (exact) mass is 315 g/mol. The van der Waals surface area contributed by atoms with Crippen LogP contribution in [0, 0.1) is 11.3 Å². The first-order chi connectivity index (χ1) is 11.2. The lowest BCUT2D eigenvalue weighted by Crippen LogP contribution is -2.01. The van der Waals surface area contributed by atoms with E-state index in [1.165, 1.54) is 0 Å². The van der Waals surface area contributed by atoms with Crippen LogP contribution in [-0.4, -0.2) is 25.4 Å². The minimum absolute atomic E-state index is 0.0901. The van der Waals surface area contributed by atoms with Crippen LogP contribution in [0.2, 0.25) is 0 Å². The SMILES string of the molecule is N#Cc1ccc(-c2[nH]ncc2CNc2n[nH]c(C(F)F)n2)cc1. The summed E-state index contributed by atoms with van der Waals surface area (Å²) in [7, 11) is 0. The molecule has 0 aliphatic carbocycles. The molecular weight excluding hydrogens is 304 g/mol. The lowest BCUT2D eigenvalue weighted by Gasteiger charge is -2.04. The number of anilines is 1. The maximum Gasteiger partial charge on any atom is 0.296 e. The highest BCUT2D eigenvalue weighted by Crippen LogP contribution is 2.22. The Bertz CT molecular complexity index is 829. The van der Waals surface area contributed by atoms with Gasteiger partial charge in [-0.2, -0.15) is 15.3 Å². The molecule has 0 fully saturated rings. The van der Waals surface area contributed by atoms with E-state index in [-0.39, 0.29) is 5.95 Å². The number of aromatic amines is 2. The number of aromatic nitrogens is 5. The fourth-order valence-electron chi connectivity index (χ4n) is 2.03. The maximum atomic E-state index is 12.4. The Balaban J connectivity index is 1.74. The Morgan fingerprint density at radius 3 is 2.65 bits per heavy atom. The molecule has 0 aliphatic heterocycles. The van der Waals surface area contributed by atoms with E-state index in [1.54, 1.807) is 30.5 Å². The second-order valence-electron chi connectivity index (χ2n) is 4.66. The Hall–Kier alpha value is -3.28. The van der Waals surface area contributed by atoms with Crippen molar-refractivity contribution < 1.29 is 8.78 Å². The van der Waals surface area contributed by atoms with E-state index in [4.69, 9.17) is 5.26 Å². The van der Waals surface area contributed by atoms with Crippen molar-refractivity contribution in [2.45, 2.75) is 13.0 Å². The molecule has 0 aliphatic rings. The standard InChI is InChI=1S/C14H11F2N7/c15-12(16)13-20-14(23-22-13)18-6-10-7-19-21-11(10)9-3-1-8(5-17)2-4-9/h1-4,7,12H,6H2,(H,19,21)(H2,18,20,22,23). The Morgan fingerprint density at radius 1 is 1.22 bits per heavy atom. The second kappa shape index (κ2) is 6.23. The largest absolute Gasteiger partial charge is 0.349 e. The molecule has 2 heterocycles. The van der Waals surface area contributed by atoms with Gasteiger partial charge in [0.15, 0.2) is 5.82 Å². The van der Waals surface area contributed by atoms with E-state index in [2.05, 4.69) is 36.8 Å². The van der Waals surface area contributed by atoms with Crippen LogP contribution in [0.3, 0.4) is 0 Å². The van der Waals surface area contributed by atoms with E-state index < -0.39 is 12.2 Å². The third-order valence-corrected chi connectivity index (χ3v) is 3.17. The van der Waals surface area contributed by atoms with Gasteiger partial charge in [-0.25, -0.2) is 8.78 Å². The van der Waals surface area contributed by atoms with Crippen molar-refractivity contribution in [3.8, 4) is 17.3 Å². The number of nitriles is 1. The van der Waals surface area contributed by atoms with Gasteiger partial charge in [0.05, 0.1) is 23.5 Å². The summed E-state index contributed by atoms with van der Waals surface area (Å²) in [5.41, 5.74) is 3.01. The molecule has 7 nitrogen and oxygen atoms in total. The van der Waals surface area contributed by atoms with Crippen LogP contribution >= 0.6 is 0 Å². The number of alkyl halides is 2. The minimum Gasteiger partial charge on any atom is -0.349 e. The van der Waals surface area contributed by atoms with Crippen molar-refractivity contribution in [2.24, 2.45) is 0 Å². The molecule has 0 saturated heterocycles. The predicted molar refractivity (Wildman–Crippen MR) is 77.4 cm³/mol. The van der Waals surface area contributed by atoms with Gasteiger partial charge < -0.3 is 5.32 Å². The normalized spacial score (nSPS) is 10.7. The van der Waals surface area contributed by atoms with E-state index in [1.807, 2.05) is 0 Å². The molecule has 23 heavy (non-hydrogen) atoms. The highest BCUT2D eigenvalue weighted by atomic mass is 19.3. The highest BCUT2D eigenvalue weighted by Gasteiger charge is 2.13. The number of H-pyrrole nitrogens is 2. The van der Waals surface area contributed by atoms with Gasteiger partial charge in [-0.15, -0.1) is 5.10 Å². The average molecular weight is 315 g/mol. The van der Waals surface area contributed by atoms with Gasteiger partial charge >= 0.3 is 0 Å². The van der Waals surface area contributed by atoms with Gasteiger partial charge in [-0.3, -0.25) is 10.2 Å². The number of nitrogens with zero attached hydrogens (tertiary/aromatic N) is 4. The highest BCUT2D eigenvalue weighted by molar-refractivity contribution is 5.63. The number of hydrogen-bond acceptors (Lipinski definition) is 5. The van der Waals surface area contributed by atoms with E-state index in [0.717, 1.165) is 16.8 Å². The van der Waals surface area contributed by atoms with Crippen molar-refractivity contribution in [2.75, 3.05) is 5.32 Å². The molecule has 0 atom stereocenters. The van der Waals surface area contributed by atoms with Crippen molar-refractivity contribution >= 4 is 5.95 Å². The molecule has 0 unspecified atom stereocenters. The van der Waals surface area contributed by atoms with Crippen LogP contribution in [0.1, 0.15) is 23.4 Å². The summed E-state index contributed by atoms with van der Waals surface area (Å²) < 4.78 is 24.9. The van der Waals surface area contributed by atoms with Gasteiger partial charge in [-0.05, 0) is 17.7 Å². The first kappa shape index (κ1) is 14.6. The third-order valence-electron chi connectivity index (χ3n) is 3.17. The lowest BCUT2D eigenvalue weighted by atomic mass is 10.1. The summed E-state index contributed by atoms with van der Waals surface area (Å²) in [5.74, 6) is -0.390. The molecule has 3 aromatic rings. The number of hydrogen-bond donors (Lipinski definition) is 3. The molecule has 3 N–H and O–H groups in total. The first-order valence-corrected chi connectivity index (χ1v) is 6.64. The van der Waals surface area contributed by atoms with Crippen molar-refractivity contribution in [3.63, 3.8) is 0 Å².